The summed E-state index contributed by atoms with van der Waals surface area (Å²) in [5.74, 6) is 0.759. The van der Waals surface area contributed by atoms with Crippen molar-refractivity contribution in [2.45, 2.75) is 69.3 Å². The monoisotopic (exact) mass is 273 g/mol. The standard InChI is InChI=1S/C14H27NO2S/c1-2-9-15-13-7-3-4-8-14(13)18(16)11-12-6-5-10-17-12/h12-15H,2-11H2,1H3. The van der Waals surface area contributed by atoms with Crippen molar-refractivity contribution in [3.63, 3.8) is 0 Å². The second kappa shape index (κ2) is 7.61. The molecule has 0 spiro atoms. The zero-order valence-electron chi connectivity index (χ0n) is 11.5. The number of rotatable bonds is 6. The molecule has 106 valence electrons. The highest BCUT2D eigenvalue weighted by molar-refractivity contribution is 7.85. The summed E-state index contributed by atoms with van der Waals surface area (Å²) in [5, 5.41) is 3.95. The molecule has 1 aliphatic carbocycles. The van der Waals surface area contributed by atoms with Gasteiger partial charge in [0.15, 0.2) is 0 Å². The Morgan fingerprint density at radius 3 is 2.78 bits per heavy atom. The first kappa shape index (κ1) is 14.5. The molecule has 0 aromatic carbocycles. The van der Waals surface area contributed by atoms with Gasteiger partial charge in [-0.2, -0.15) is 0 Å². The van der Waals surface area contributed by atoms with Crippen molar-refractivity contribution in [3.05, 3.63) is 0 Å². The maximum Gasteiger partial charge on any atom is 0.0691 e. The third kappa shape index (κ3) is 4.04. The molecule has 0 radical (unpaired) electrons. The van der Waals surface area contributed by atoms with Gasteiger partial charge < -0.3 is 10.1 Å². The number of hydrogen-bond acceptors (Lipinski definition) is 3. The average Bonchev–Trinajstić information content (AvgIpc) is 2.89. The van der Waals surface area contributed by atoms with E-state index in [1.165, 1.54) is 19.3 Å². The van der Waals surface area contributed by atoms with Gasteiger partial charge in [-0.15, -0.1) is 0 Å². The summed E-state index contributed by atoms with van der Waals surface area (Å²) in [7, 11) is -0.717. The molecule has 3 nitrogen and oxygen atoms in total. The van der Waals surface area contributed by atoms with Crippen LogP contribution in [0.15, 0.2) is 0 Å². The van der Waals surface area contributed by atoms with E-state index < -0.39 is 10.8 Å². The minimum Gasteiger partial charge on any atom is -0.377 e. The Hall–Kier alpha value is 0.0700. The van der Waals surface area contributed by atoms with Gasteiger partial charge in [-0.05, 0) is 38.6 Å². The Morgan fingerprint density at radius 2 is 2.06 bits per heavy atom. The fraction of sp³-hybridized carbons (Fsp3) is 1.00. The molecule has 4 atom stereocenters. The first-order valence-electron chi connectivity index (χ1n) is 7.53. The second-order valence-electron chi connectivity index (χ2n) is 5.57. The Kier molecular flexibility index (Phi) is 6.12. The molecule has 4 heteroatoms. The van der Waals surface area contributed by atoms with Gasteiger partial charge >= 0.3 is 0 Å². The topological polar surface area (TPSA) is 38.3 Å². The molecule has 1 heterocycles. The van der Waals surface area contributed by atoms with E-state index in [4.69, 9.17) is 4.74 Å². The summed E-state index contributed by atoms with van der Waals surface area (Å²) in [6.45, 7) is 4.11. The van der Waals surface area contributed by atoms with Gasteiger partial charge in [-0.1, -0.05) is 19.8 Å². The number of nitrogens with one attached hydrogen (secondary N) is 1. The van der Waals surface area contributed by atoms with E-state index in [1.807, 2.05) is 0 Å². The van der Waals surface area contributed by atoms with Gasteiger partial charge in [-0.3, -0.25) is 4.21 Å². The zero-order valence-corrected chi connectivity index (χ0v) is 12.3. The van der Waals surface area contributed by atoms with Crippen LogP contribution in [-0.4, -0.2) is 40.5 Å². The van der Waals surface area contributed by atoms with Crippen molar-refractivity contribution < 1.29 is 8.95 Å². The molecule has 1 aliphatic heterocycles. The van der Waals surface area contributed by atoms with Crippen LogP contribution in [0.1, 0.15) is 51.9 Å². The Balaban J connectivity index is 1.84. The Labute approximate surface area is 114 Å². The van der Waals surface area contributed by atoms with Gasteiger partial charge in [0.25, 0.3) is 0 Å². The van der Waals surface area contributed by atoms with E-state index in [2.05, 4.69) is 12.2 Å². The van der Waals surface area contributed by atoms with Gasteiger partial charge in [0.05, 0.1) is 17.1 Å². The van der Waals surface area contributed by atoms with E-state index in [1.54, 1.807) is 0 Å². The molecule has 2 fully saturated rings. The largest absolute Gasteiger partial charge is 0.377 e. The molecule has 1 saturated carbocycles. The van der Waals surface area contributed by atoms with Crippen LogP contribution in [0.3, 0.4) is 0 Å². The summed E-state index contributed by atoms with van der Waals surface area (Å²) >= 11 is 0. The van der Waals surface area contributed by atoms with Crippen molar-refractivity contribution in [1.82, 2.24) is 5.32 Å². The van der Waals surface area contributed by atoms with Crippen molar-refractivity contribution in [2.24, 2.45) is 0 Å². The molecule has 1 N–H and O–H groups in total. The van der Waals surface area contributed by atoms with Crippen LogP contribution in [0.2, 0.25) is 0 Å². The van der Waals surface area contributed by atoms with Crippen LogP contribution in [0, 0.1) is 0 Å². The molecule has 0 amide bonds. The second-order valence-corrected chi connectivity index (χ2v) is 7.27. The fourth-order valence-electron chi connectivity index (χ4n) is 3.06. The third-order valence-corrected chi connectivity index (χ3v) is 6.01. The highest BCUT2D eigenvalue weighted by Crippen LogP contribution is 2.25. The molecular formula is C14H27NO2S. The molecule has 18 heavy (non-hydrogen) atoms. The third-order valence-electron chi connectivity index (χ3n) is 4.07. The summed E-state index contributed by atoms with van der Waals surface area (Å²) < 4.78 is 18.1. The number of hydrogen-bond donors (Lipinski definition) is 1. The summed E-state index contributed by atoms with van der Waals surface area (Å²) in [5.41, 5.74) is 0. The van der Waals surface area contributed by atoms with Crippen LogP contribution in [0.4, 0.5) is 0 Å². The molecule has 2 rings (SSSR count). The predicted octanol–water partition coefficient (Wildman–Crippen LogP) is 2.22. The van der Waals surface area contributed by atoms with Crippen LogP contribution >= 0.6 is 0 Å². The fourth-order valence-corrected chi connectivity index (χ4v) is 4.96. The lowest BCUT2D eigenvalue weighted by Gasteiger charge is -2.32. The minimum absolute atomic E-state index is 0.264. The van der Waals surface area contributed by atoms with E-state index in [-0.39, 0.29) is 6.10 Å². The smallest absolute Gasteiger partial charge is 0.0691 e. The Morgan fingerprint density at radius 1 is 1.22 bits per heavy atom. The molecule has 1 saturated heterocycles. The first-order valence-corrected chi connectivity index (χ1v) is 8.91. The van der Waals surface area contributed by atoms with Gasteiger partial charge in [0, 0.05) is 23.4 Å². The highest BCUT2D eigenvalue weighted by Gasteiger charge is 2.31. The summed E-state index contributed by atoms with van der Waals surface area (Å²) in [4.78, 5) is 0. The molecule has 0 bridgehead atoms. The average molecular weight is 273 g/mol. The van der Waals surface area contributed by atoms with Crippen LogP contribution in [-0.2, 0) is 15.5 Å². The van der Waals surface area contributed by atoms with Crippen LogP contribution < -0.4 is 5.32 Å². The minimum atomic E-state index is -0.717. The van der Waals surface area contributed by atoms with Crippen molar-refractivity contribution >= 4 is 10.8 Å². The van der Waals surface area contributed by atoms with Crippen LogP contribution in [0.25, 0.3) is 0 Å². The molecule has 0 aromatic heterocycles. The quantitative estimate of drug-likeness (QED) is 0.806. The lowest BCUT2D eigenvalue weighted by molar-refractivity contribution is 0.128. The lowest BCUT2D eigenvalue weighted by Crippen LogP contribution is -2.46. The van der Waals surface area contributed by atoms with Gasteiger partial charge in [-0.25, -0.2) is 0 Å². The zero-order chi connectivity index (χ0) is 12.8. The summed E-state index contributed by atoms with van der Waals surface area (Å²) in [6.07, 6.45) is 8.51. The normalized spacial score (nSPS) is 34.6. The van der Waals surface area contributed by atoms with Gasteiger partial charge in [0.1, 0.15) is 0 Å². The maximum absolute atomic E-state index is 12.5. The molecule has 2 aliphatic rings. The van der Waals surface area contributed by atoms with Crippen molar-refractivity contribution in [3.8, 4) is 0 Å². The Bertz CT molecular complexity index is 267. The lowest BCUT2D eigenvalue weighted by atomic mass is 9.95. The first-order chi connectivity index (χ1) is 8.81. The highest BCUT2D eigenvalue weighted by atomic mass is 32.2. The molecular weight excluding hydrogens is 246 g/mol. The van der Waals surface area contributed by atoms with Crippen molar-refractivity contribution in [2.75, 3.05) is 18.9 Å². The van der Waals surface area contributed by atoms with E-state index in [9.17, 15) is 4.21 Å². The van der Waals surface area contributed by atoms with Crippen molar-refractivity contribution in [1.29, 1.82) is 0 Å². The van der Waals surface area contributed by atoms with E-state index >= 15 is 0 Å². The number of ether oxygens (including phenoxy) is 1. The van der Waals surface area contributed by atoms with E-state index in [0.29, 0.717) is 11.3 Å². The SMILES string of the molecule is CCCNC1CCCCC1S(=O)CC1CCCO1. The summed E-state index contributed by atoms with van der Waals surface area (Å²) in [6, 6.07) is 0.473. The molecule has 0 aromatic rings. The predicted molar refractivity (Wildman–Crippen MR) is 76.3 cm³/mol. The molecule has 4 unspecified atom stereocenters. The maximum atomic E-state index is 12.5. The van der Waals surface area contributed by atoms with Gasteiger partial charge in [0.2, 0.25) is 0 Å². The van der Waals surface area contributed by atoms with Crippen LogP contribution in [0.5, 0.6) is 0 Å². The van der Waals surface area contributed by atoms with E-state index in [0.717, 1.165) is 44.6 Å².